The van der Waals surface area contributed by atoms with Crippen LogP contribution in [0.1, 0.15) is 131 Å². The minimum absolute atomic E-state index is 0.00652. The lowest BCUT2D eigenvalue weighted by Crippen LogP contribution is -2.33. The molecule has 0 aliphatic heterocycles. The summed E-state index contributed by atoms with van der Waals surface area (Å²) in [7, 11) is 0. The van der Waals surface area contributed by atoms with Crippen LogP contribution in [0.2, 0.25) is 5.02 Å². The molecule has 56 heavy (non-hydrogen) atoms. The molecular formula is C52H61ClN2S. The van der Waals surface area contributed by atoms with Crippen LogP contribution in [-0.4, -0.2) is 0 Å². The van der Waals surface area contributed by atoms with Crippen molar-refractivity contribution in [2.45, 2.75) is 130 Å². The van der Waals surface area contributed by atoms with Gasteiger partial charge in [0.05, 0.1) is 5.69 Å². The van der Waals surface area contributed by atoms with Gasteiger partial charge in [0.25, 0.3) is 0 Å². The van der Waals surface area contributed by atoms with Crippen molar-refractivity contribution in [1.82, 2.24) is 0 Å². The van der Waals surface area contributed by atoms with Crippen molar-refractivity contribution >= 4 is 67.1 Å². The highest BCUT2D eigenvalue weighted by molar-refractivity contribution is 7.17. The normalized spacial score (nSPS) is 15.5. The smallest absolute Gasteiger partial charge is 0.0647 e. The number of fused-ring (bicyclic) bond motifs is 2. The molecule has 0 radical (unpaired) electrons. The molecule has 0 saturated heterocycles. The molecule has 1 heterocycles. The van der Waals surface area contributed by atoms with Crippen LogP contribution in [0, 0.1) is 0 Å². The molecule has 1 aliphatic rings. The third kappa shape index (κ3) is 7.79. The monoisotopic (exact) mass is 780 g/mol. The summed E-state index contributed by atoms with van der Waals surface area (Å²) in [5.74, 6) is 0. The molecule has 2 nitrogen and oxygen atoms in total. The number of nitrogens with zero attached hydrogens (tertiary/aromatic N) is 2. The average Bonchev–Trinajstić information content (AvgIpc) is 3.52. The van der Waals surface area contributed by atoms with Crippen molar-refractivity contribution in [3.05, 3.63) is 141 Å². The SMILES string of the molecule is CC(C)(C)c1ccc(N(c2cc(Cl)cc(N(c3cccc(C(C)(C)C)c3)c3cccc(C(C)(C)C)c3)c2)c2csc3cc4c(cc23)C(C)(C)CCC4(C)C)cc1. The molecule has 0 saturated carbocycles. The maximum absolute atomic E-state index is 7.29. The maximum Gasteiger partial charge on any atom is 0.0647 e. The highest BCUT2D eigenvalue weighted by Gasteiger charge is 2.38. The molecule has 5 aromatic carbocycles. The fraction of sp³-hybridized carbons (Fsp3) is 0.385. The van der Waals surface area contributed by atoms with E-state index in [1.54, 1.807) is 0 Å². The molecule has 0 amide bonds. The first-order valence-electron chi connectivity index (χ1n) is 20.3. The van der Waals surface area contributed by atoms with E-state index in [1.807, 2.05) is 11.3 Å². The fourth-order valence-corrected chi connectivity index (χ4v) is 9.44. The van der Waals surface area contributed by atoms with Crippen LogP contribution in [0.3, 0.4) is 0 Å². The van der Waals surface area contributed by atoms with Gasteiger partial charge in [0.1, 0.15) is 0 Å². The van der Waals surface area contributed by atoms with Crippen LogP contribution in [0.5, 0.6) is 0 Å². The van der Waals surface area contributed by atoms with Gasteiger partial charge in [-0.25, -0.2) is 0 Å². The highest BCUT2D eigenvalue weighted by Crippen LogP contribution is 2.51. The molecule has 0 bridgehead atoms. The summed E-state index contributed by atoms with van der Waals surface area (Å²) in [5, 5.41) is 4.33. The summed E-state index contributed by atoms with van der Waals surface area (Å²) in [6.07, 6.45) is 2.37. The Morgan fingerprint density at radius 1 is 0.500 bits per heavy atom. The number of hydrogen-bond acceptors (Lipinski definition) is 3. The minimum Gasteiger partial charge on any atom is -0.310 e. The van der Waals surface area contributed by atoms with Crippen molar-refractivity contribution in [3.63, 3.8) is 0 Å². The van der Waals surface area contributed by atoms with Crippen LogP contribution in [0.15, 0.2) is 109 Å². The van der Waals surface area contributed by atoms with Gasteiger partial charge in [-0.15, -0.1) is 11.3 Å². The van der Waals surface area contributed by atoms with Crippen LogP contribution in [0.25, 0.3) is 10.1 Å². The van der Waals surface area contributed by atoms with E-state index >= 15 is 0 Å². The zero-order chi connectivity index (χ0) is 40.6. The standard InChI is InChI=1S/C52H61ClN2S/c1-48(2,3)34-20-22-38(23-21-34)55(46-33-56-47-32-45-44(31-43(46)47)51(10,11)24-25-52(45,12)13)42-29-37(53)28-41(30-42)54(39-18-14-16-35(26-39)49(4,5)6)40-19-15-17-36(27-40)50(7,8)9/h14-23,26-33H,24-25H2,1-13H3. The first-order valence-corrected chi connectivity index (χ1v) is 21.6. The second-order valence-corrected chi connectivity index (χ2v) is 21.9. The third-order valence-corrected chi connectivity index (χ3v) is 13.2. The predicted octanol–water partition coefficient (Wildman–Crippen LogP) is 16.7. The van der Waals surface area contributed by atoms with E-state index in [-0.39, 0.29) is 27.1 Å². The Labute approximate surface area is 346 Å². The van der Waals surface area contributed by atoms with Gasteiger partial charge in [-0.1, -0.05) is 138 Å². The largest absolute Gasteiger partial charge is 0.310 e. The first kappa shape index (κ1) is 40.2. The second-order valence-electron chi connectivity index (χ2n) is 20.5. The van der Waals surface area contributed by atoms with Gasteiger partial charge in [-0.3, -0.25) is 0 Å². The molecule has 4 heteroatoms. The van der Waals surface area contributed by atoms with Gasteiger partial charge in [-0.2, -0.15) is 0 Å². The summed E-state index contributed by atoms with van der Waals surface area (Å²) in [6.45, 7) is 30.2. The fourth-order valence-electron chi connectivity index (χ4n) is 8.27. The van der Waals surface area contributed by atoms with Crippen LogP contribution < -0.4 is 9.80 Å². The lowest BCUT2D eigenvalue weighted by molar-refractivity contribution is 0.332. The number of anilines is 6. The topological polar surface area (TPSA) is 6.48 Å². The first-order chi connectivity index (χ1) is 26.0. The Morgan fingerprint density at radius 2 is 0.982 bits per heavy atom. The molecule has 0 spiro atoms. The molecule has 1 aromatic heterocycles. The van der Waals surface area contributed by atoms with Crippen molar-refractivity contribution in [3.8, 4) is 0 Å². The number of rotatable bonds is 6. The summed E-state index contributed by atoms with van der Waals surface area (Å²) in [4.78, 5) is 4.82. The van der Waals surface area contributed by atoms with Gasteiger partial charge in [0.15, 0.2) is 0 Å². The van der Waals surface area contributed by atoms with Gasteiger partial charge >= 0.3 is 0 Å². The van der Waals surface area contributed by atoms with E-state index < -0.39 is 0 Å². The quantitative estimate of drug-likeness (QED) is 0.166. The predicted molar refractivity (Wildman–Crippen MR) is 248 cm³/mol. The number of hydrogen-bond donors (Lipinski definition) is 0. The number of halogens is 1. The highest BCUT2D eigenvalue weighted by atomic mass is 35.5. The molecule has 0 fully saturated rings. The number of thiophene rings is 1. The average molecular weight is 782 g/mol. The maximum atomic E-state index is 7.29. The molecule has 0 atom stereocenters. The van der Waals surface area contributed by atoms with Crippen molar-refractivity contribution in [2.24, 2.45) is 0 Å². The number of benzene rings is 5. The van der Waals surface area contributed by atoms with Crippen LogP contribution in [-0.2, 0) is 27.1 Å². The van der Waals surface area contributed by atoms with Crippen molar-refractivity contribution < 1.29 is 0 Å². The summed E-state index contributed by atoms with van der Waals surface area (Å²) < 4.78 is 1.32. The van der Waals surface area contributed by atoms with Gasteiger partial charge in [-0.05, 0) is 134 Å². The Kier molecular flexibility index (Phi) is 10.1. The van der Waals surface area contributed by atoms with E-state index in [4.69, 9.17) is 11.6 Å². The molecule has 0 unspecified atom stereocenters. The van der Waals surface area contributed by atoms with E-state index in [1.165, 1.54) is 56.4 Å². The molecule has 1 aliphatic carbocycles. The van der Waals surface area contributed by atoms with Gasteiger partial charge in [0.2, 0.25) is 0 Å². The lowest BCUT2D eigenvalue weighted by atomic mass is 9.63. The van der Waals surface area contributed by atoms with E-state index in [0.717, 1.165) is 28.4 Å². The zero-order valence-electron chi connectivity index (χ0n) is 36.0. The molecule has 7 rings (SSSR count). The Bertz CT molecular complexity index is 2330. The lowest BCUT2D eigenvalue weighted by Gasteiger charge is -2.42. The van der Waals surface area contributed by atoms with Crippen LogP contribution in [0.4, 0.5) is 34.1 Å². The Hall–Kier alpha value is -4.05. The van der Waals surface area contributed by atoms with E-state index in [0.29, 0.717) is 5.02 Å². The van der Waals surface area contributed by atoms with Crippen LogP contribution >= 0.6 is 22.9 Å². The van der Waals surface area contributed by atoms with E-state index in [9.17, 15) is 0 Å². The third-order valence-electron chi connectivity index (χ3n) is 12.1. The molecule has 6 aromatic rings. The van der Waals surface area contributed by atoms with E-state index in [2.05, 4.69) is 208 Å². The second kappa shape index (κ2) is 14.1. The van der Waals surface area contributed by atoms with Gasteiger partial charge < -0.3 is 9.80 Å². The Balaban J connectivity index is 1.48. The summed E-state index contributed by atoms with van der Waals surface area (Å²) in [6, 6.07) is 38.7. The van der Waals surface area contributed by atoms with Gasteiger partial charge in [0, 0.05) is 48.9 Å². The Morgan fingerprint density at radius 3 is 1.48 bits per heavy atom. The summed E-state index contributed by atoms with van der Waals surface area (Å²) >= 11 is 9.13. The molecule has 292 valence electrons. The molecular weight excluding hydrogens is 720 g/mol. The molecule has 0 N–H and O–H groups in total. The zero-order valence-corrected chi connectivity index (χ0v) is 37.6. The minimum atomic E-state index is -0.00652. The summed E-state index contributed by atoms with van der Waals surface area (Å²) in [5.41, 5.74) is 13.7. The van der Waals surface area contributed by atoms with Crippen molar-refractivity contribution in [1.29, 1.82) is 0 Å². The van der Waals surface area contributed by atoms with Crippen molar-refractivity contribution in [2.75, 3.05) is 9.80 Å².